The Hall–Kier alpha value is -3.08. The van der Waals surface area contributed by atoms with Gasteiger partial charge in [-0.2, -0.15) is 22.0 Å². The van der Waals surface area contributed by atoms with Crippen molar-refractivity contribution in [3.8, 4) is 0 Å². The molecule has 1 aliphatic carbocycles. The molecule has 0 bridgehead atoms. The Bertz CT molecular complexity index is 1030. The van der Waals surface area contributed by atoms with Crippen LogP contribution in [0.25, 0.3) is 0 Å². The molecule has 0 saturated heterocycles. The Morgan fingerprint density at radius 2 is 1.85 bits per heavy atom. The predicted octanol–water partition coefficient (Wildman–Crippen LogP) is 5.39. The second-order valence-corrected chi connectivity index (χ2v) is 7.49. The lowest BCUT2D eigenvalue weighted by Gasteiger charge is -2.20. The molecule has 6 N–H and O–H groups in total. The van der Waals surface area contributed by atoms with Gasteiger partial charge in [0, 0.05) is 34.3 Å². The summed E-state index contributed by atoms with van der Waals surface area (Å²) in [6.45, 7) is 4.03. The zero-order valence-electron chi connectivity index (χ0n) is 18.5. The van der Waals surface area contributed by atoms with Crippen LogP contribution in [-0.2, 0) is 5.54 Å². The highest BCUT2D eigenvalue weighted by molar-refractivity contribution is 6.04. The van der Waals surface area contributed by atoms with Gasteiger partial charge >= 0.3 is 12.1 Å². The third-order valence-corrected chi connectivity index (χ3v) is 5.08. The molecule has 1 aromatic carbocycles. The van der Waals surface area contributed by atoms with Crippen molar-refractivity contribution in [3.63, 3.8) is 0 Å². The molecule has 2 aromatic rings. The van der Waals surface area contributed by atoms with Crippen LogP contribution in [0.2, 0.25) is 0 Å². The minimum atomic E-state index is -5.68. The number of nitrogens with zero attached hydrogens (tertiary/aromatic N) is 2. The summed E-state index contributed by atoms with van der Waals surface area (Å²) in [4.78, 5) is 8.34. The number of anilines is 2. The van der Waals surface area contributed by atoms with Gasteiger partial charge < -0.3 is 22.2 Å². The number of aliphatic imine (C=N–C) groups is 1. The van der Waals surface area contributed by atoms with Crippen LogP contribution in [0, 0.1) is 5.41 Å². The summed E-state index contributed by atoms with van der Waals surface area (Å²) in [5.41, 5.74) is 14.4. The van der Waals surface area contributed by atoms with Crippen molar-refractivity contribution in [2.24, 2.45) is 10.7 Å². The lowest BCUT2D eigenvalue weighted by Crippen LogP contribution is -2.42. The molecule has 3 rings (SSSR count). The normalized spacial score (nSPS) is 15.4. The number of benzene rings is 1. The largest absolute Gasteiger partial charge is 0.455 e. The summed E-state index contributed by atoms with van der Waals surface area (Å²) in [7, 11) is 0. The third-order valence-electron chi connectivity index (χ3n) is 5.08. The zero-order valence-corrected chi connectivity index (χ0v) is 18.5. The number of nitrogen functional groups attached to an aromatic ring is 1. The Morgan fingerprint density at radius 1 is 1.21 bits per heavy atom. The van der Waals surface area contributed by atoms with Crippen LogP contribution in [-0.4, -0.2) is 35.6 Å². The van der Waals surface area contributed by atoms with E-state index < -0.39 is 18.6 Å². The number of pyridine rings is 1. The van der Waals surface area contributed by atoms with Crippen LogP contribution in [0.4, 0.5) is 39.1 Å². The van der Waals surface area contributed by atoms with Crippen LogP contribution in [0.15, 0.2) is 35.5 Å². The smallest absolute Gasteiger partial charge is 0.398 e. The molecular formula is C22H27F5N6. The van der Waals surface area contributed by atoms with E-state index in [1.165, 1.54) is 6.07 Å². The van der Waals surface area contributed by atoms with Gasteiger partial charge in [-0.15, -0.1) is 0 Å². The molecule has 0 radical (unpaired) electrons. The van der Waals surface area contributed by atoms with E-state index in [0.29, 0.717) is 17.0 Å². The molecule has 1 aromatic heterocycles. The molecule has 1 aliphatic rings. The topological polar surface area (TPSA) is 113 Å². The fraction of sp³-hybridized carbons (Fsp3) is 0.409. The predicted molar refractivity (Wildman–Crippen MR) is 121 cm³/mol. The molecule has 0 spiro atoms. The summed E-state index contributed by atoms with van der Waals surface area (Å²) in [6.07, 6.45) is -2.07. The van der Waals surface area contributed by atoms with E-state index in [9.17, 15) is 22.0 Å². The lowest BCUT2D eigenvalue weighted by atomic mass is 9.99. The van der Waals surface area contributed by atoms with E-state index in [1.54, 1.807) is 13.0 Å². The van der Waals surface area contributed by atoms with Gasteiger partial charge in [0.2, 0.25) is 0 Å². The van der Waals surface area contributed by atoms with Crippen LogP contribution >= 0.6 is 0 Å². The molecule has 11 heteroatoms. The lowest BCUT2D eigenvalue weighted by molar-refractivity contribution is -0.275. The van der Waals surface area contributed by atoms with Gasteiger partial charge in [-0.3, -0.25) is 0 Å². The van der Waals surface area contributed by atoms with Gasteiger partial charge in [-0.05, 0) is 43.5 Å². The SMILES string of the molecule is CC.CC(=Nc1cc(C=N)c(NCC(F)(F)C(F)(F)F)cn1)c1cc(C2(N)CC2)ccc1N. The maximum Gasteiger partial charge on any atom is 0.455 e. The first-order chi connectivity index (χ1) is 15.4. The standard InChI is InChI=1S/C20H21F5N6.C2H6/c1-11(14-7-13(2-3-15(14)27)18(28)4-5-18)31-17-6-12(8-26)16(9-29-17)30-10-19(21,22)20(23,24)25;1-2/h2-3,6-9,26,30H,4-5,10,27-28H2,1H3;1-2H3. The van der Waals surface area contributed by atoms with E-state index in [1.807, 2.05) is 31.3 Å². The summed E-state index contributed by atoms with van der Waals surface area (Å²) < 4.78 is 63.3. The fourth-order valence-electron chi connectivity index (χ4n) is 2.93. The highest BCUT2D eigenvalue weighted by Gasteiger charge is 2.57. The quantitative estimate of drug-likeness (QED) is 0.247. The van der Waals surface area contributed by atoms with E-state index >= 15 is 0 Å². The molecule has 6 nitrogen and oxygen atoms in total. The van der Waals surface area contributed by atoms with Crippen LogP contribution in [0.5, 0.6) is 0 Å². The summed E-state index contributed by atoms with van der Waals surface area (Å²) in [5.74, 6) is -4.78. The van der Waals surface area contributed by atoms with Gasteiger partial charge in [-0.25, -0.2) is 9.98 Å². The van der Waals surface area contributed by atoms with Crippen molar-refractivity contribution in [1.29, 1.82) is 5.41 Å². The molecule has 1 saturated carbocycles. The summed E-state index contributed by atoms with van der Waals surface area (Å²) in [5, 5.41) is 9.44. The minimum absolute atomic E-state index is 0.0557. The number of hydrogen-bond acceptors (Lipinski definition) is 6. The van der Waals surface area contributed by atoms with Crippen LogP contribution < -0.4 is 16.8 Å². The highest BCUT2D eigenvalue weighted by Crippen LogP contribution is 2.43. The monoisotopic (exact) mass is 470 g/mol. The van der Waals surface area contributed by atoms with Crippen molar-refractivity contribution >= 4 is 29.1 Å². The van der Waals surface area contributed by atoms with E-state index in [0.717, 1.165) is 30.8 Å². The Morgan fingerprint density at radius 3 is 2.39 bits per heavy atom. The molecule has 1 fully saturated rings. The molecular weight excluding hydrogens is 443 g/mol. The number of aromatic nitrogens is 1. The average Bonchev–Trinajstić information content (AvgIpc) is 3.52. The number of rotatable bonds is 7. The van der Waals surface area contributed by atoms with Gasteiger partial charge in [-0.1, -0.05) is 19.9 Å². The first-order valence-electron chi connectivity index (χ1n) is 10.3. The molecule has 180 valence electrons. The Balaban J connectivity index is 0.00000187. The molecule has 0 aliphatic heterocycles. The number of nitrogens with one attached hydrogen (secondary N) is 2. The van der Waals surface area contributed by atoms with Crippen LogP contribution in [0.1, 0.15) is 50.3 Å². The number of nitrogens with two attached hydrogens (primary N) is 2. The first-order valence-corrected chi connectivity index (χ1v) is 10.3. The third kappa shape index (κ3) is 6.04. The Kier molecular flexibility index (Phi) is 7.79. The maximum absolute atomic E-state index is 13.1. The van der Waals surface area contributed by atoms with E-state index in [2.05, 4.69) is 9.98 Å². The zero-order chi connectivity index (χ0) is 25.0. The van der Waals surface area contributed by atoms with E-state index in [-0.39, 0.29) is 22.6 Å². The summed E-state index contributed by atoms with van der Waals surface area (Å²) in [6, 6.07) is 6.76. The van der Waals surface area contributed by atoms with Gasteiger partial charge in [0.25, 0.3) is 0 Å². The molecule has 1 heterocycles. The van der Waals surface area contributed by atoms with E-state index in [4.69, 9.17) is 16.9 Å². The Labute approximate surface area is 188 Å². The van der Waals surface area contributed by atoms with Crippen molar-refractivity contribution in [2.45, 2.75) is 51.3 Å². The molecule has 0 amide bonds. The van der Waals surface area contributed by atoms with Crippen molar-refractivity contribution in [2.75, 3.05) is 17.6 Å². The van der Waals surface area contributed by atoms with Crippen molar-refractivity contribution < 1.29 is 22.0 Å². The van der Waals surface area contributed by atoms with Gasteiger partial charge in [0.15, 0.2) is 5.82 Å². The number of hydrogen-bond donors (Lipinski definition) is 4. The first kappa shape index (κ1) is 26.2. The van der Waals surface area contributed by atoms with Gasteiger partial charge in [0.05, 0.1) is 18.4 Å². The number of alkyl halides is 5. The van der Waals surface area contributed by atoms with Crippen molar-refractivity contribution in [3.05, 3.63) is 47.2 Å². The van der Waals surface area contributed by atoms with Crippen LogP contribution in [0.3, 0.4) is 0 Å². The average molecular weight is 470 g/mol. The van der Waals surface area contributed by atoms with Gasteiger partial charge in [0.1, 0.15) is 0 Å². The fourth-order valence-corrected chi connectivity index (χ4v) is 2.93. The second-order valence-electron chi connectivity index (χ2n) is 7.49. The molecule has 33 heavy (non-hydrogen) atoms. The number of halogens is 5. The molecule has 0 atom stereocenters. The second kappa shape index (κ2) is 9.82. The highest BCUT2D eigenvalue weighted by atomic mass is 19.4. The summed E-state index contributed by atoms with van der Waals surface area (Å²) >= 11 is 0. The van der Waals surface area contributed by atoms with Crippen molar-refractivity contribution in [1.82, 2.24) is 4.98 Å². The minimum Gasteiger partial charge on any atom is -0.398 e. The molecule has 0 unspecified atom stereocenters. The maximum atomic E-state index is 13.1.